The number of furan rings is 1. The van der Waals surface area contributed by atoms with Gasteiger partial charge in [-0.05, 0) is 25.0 Å². The lowest BCUT2D eigenvalue weighted by Gasteiger charge is -2.33. The minimum atomic E-state index is -0.745. The van der Waals surface area contributed by atoms with Crippen molar-refractivity contribution in [3.05, 3.63) is 24.2 Å². The number of rotatable bonds is 4. The van der Waals surface area contributed by atoms with E-state index in [1.54, 1.807) is 6.26 Å². The molecule has 0 amide bonds. The fourth-order valence-electron chi connectivity index (χ4n) is 2.29. The molecule has 1 fully saturated rings. The monoisotopic (exact) mass is 259 g/mol. The van der Waals surface area contributed by atoms with Gasteiger partial charge in [-0.3, -0.25) is 10.1 Å². The molecule has 1 heterocycles. The van der Waals surface area contributed by atoms with Gasteiger partial charge in [-0.2, -0.15) is 0 Å². The van der Waals surface area contributed by atoms with Crippen molar-refractivity contribution in [1.82, 2.24) is 5.32 Å². The number of carboxylic acids is 1. The summed E-state index contributed by atoms with van der Waals surface area (Å²) in [4.78, 5) is 11.3. The normalized spacial score (nSPS) is 18.4. The van der Waals surface area contributed by atoms with Crippen LogP contribution >= 0.6 is 12.4 Å². The molecule has 1 aromatic heterocycles. The summed E-state index contributed by atoms with van der Waals surface area (Å²) in [7, 11) is 0. The fraction of sp³-hybridized carbons (Fsp3) is 0.583. The van der Waals surface area contributed by atoms with E-state index in [0.717, 1.165) is 25.0 Å². The Bertz CT molecular complexity index is 345. The Morgan fingerprint density at radius 1 is 1.41 bits per heavy atom. The first-order valence-electron chi connectivity index (χ1n) is 5.74. The standard InChI is InChI=1S/C12H17NO3.ClH/c14-11(15)12(6-2-1-3-7-12)13-9-10-5-4-8-16-10;/h4-5,8,13H,1-3,6-7,9H2,(H,14,15);1H. The predicted molar refractivity (Wildman–Crippen MR) is 66.2 cm³/mol. The SMILES string of the molecule is Cl.O=C(O)C1(NCc2ccco2)CCCCC1. The smallest absolute Gasteiger partial charge is 0.323 e. The summed E-state index contributed by atoms with van der Waals surface area (Å²) in [5, 5.41) is 12.5. The maximum Gasteiger partial charge on any atom is 0.323 e. The highest BCUT2D eigenvalue weighted by Crippen LogP contribution is 2.28. The van der Waals surface area contributed by atoms with Crippen LogP contribution in [-0.2, 0) is 11.3 Å². The molecule has 5 heteroatoms. The Kier molecular flexibility index (Phi) is 5.02. The number of hydrogen-bond donors (Lipinski definition) is 2. The van der Waals surface area contributed by atoms with E-state index < -0.39 is 11.5 Å². The maximum absolute atomic E-state index is 11.3. The second kappa shape index (κ2) is 6.07. The van der Waals surface area contributed by atoms with Gasteiger partial charge in [0, 0.05) is 0 Å². The lowest BCUT2D eigenvalue weighted by molar-refractivity contribution is -0.146. The zero-order chi connectivity index (χ0) is 11.4. The molecule has 1 saturated carbocycles. The van der Waals surface area contributed by atoms with Crippen molar-refractivity contribution in [2.24, 2.45) is 0 Å². The molecule has 0 aromatic carbocycles. The Labute approximate surface area is 107 Å². The number of hydrogen-bond acceptors (Lipinski definition) is 3. The summed E-state index contributed by atoms with van der Waals surface area (Å²) in [5.74, 6) is 0.0463. The van der Waals surface area contributed by atoms with E-state index in [4.69, 9.17) is 4.42 Å². The zero-order valence-electron chi connectivity index (χ0n) is 9.65. The lowest BCUT2D eigenvalue weighted by Crippen LogP contribution is -2.52. The molecular weight excluding hydrogens is 242 g/mol. The van der Waals surface area contributed by atoms with Gasteiger partial charge in [0.2, 0.25) is 0 Å². The Hall–Kier alpha value is -1.00. The zero-order valence-corrected chi connectivity index (χ0v) is 10.5. The van der Waals surface area contributed by atoms with Crippen LogP contribution in [-0.4, -0.2) is 16.6 Å². The van der Waals surface area contributed by atoms with Crippen LogP contribution in [0, 0.1) is 0 Å². The largest absolute Gasteiger partial charge is 0.480 e. The van der Waals surface area contributed by atoms with Gasteiger partial charge in [0.05, 0.1) is 12.8 Å². The highest BCUT2D eigenvalue weighted by Gasteiger charge is 2.39. The van der Waals surface area contributed by atoms with Crippen LogP contribution in [0.25, 0.3) is 0 Å². The predicted octanol–water partition coefficient (Wildman–Crippen LogP) is 2.58. The minimum Gasteiger partial charge on any atom is -0.480 e. The van der Waals surface area contributed by atoms with Gasteiger partial charge in [0.15, 0.2) is 0 Å². The molecule has 0 bridgehead atoms. The van der Waals surface area contributed by atoms with Crippen molar-refractivity contribution >= 4 is 18.4 Å². The van der Waals surface area contributed by atoms with Crippen molar-refractivity contribution in [1.29, 1.82) is 0 Å². The summed E-state index contributed by atoms with van der Waals surface area (Å²) in [6.07, 6.45) is 6.13. The first kappa shape index (κ1) is 14.1. The molecule has 0 radical (unpaired) electrons. The van der Waals surface area contributed by atoms with Crippen LogP contribution in [0.4, 0.5) is 0 Å². The van der Waals surface area contributed by atoms with Gasteiger partial charge >= 0.3 is 5.97 Å². The van der Waals surface area contributed by atoms with Gasteiger partial charge in [-0.1, -0.05) is 19.3 Å². The Balaban J connectivity index is 0.00000144. The van der Waals surface area contributed by atoms with Gasteiger partial charge in [0.1, 0.15) is 11.3 Å². The van der Waals surface area contributed by atoms with E-state index in [2.05, 4.69) is 5.32 Å². The molecule has 1 aliphatic rings. The summed E-state index contributed by atoms with van der Waals surface area (Å²) in [6, 6.07) is 3.66. The molecule has 0 aliphatic heterocycles. The highest BCUT2D eigenvalue weighted by molar-refractivity contribution is 5.85. The third-order valence-corrected chi connectivity index (χ3v) is 3.30. The van der Waals surface area contributed by atoms with Crippen molar-refractivity contribution < 1.29 is 14.3 Å². The van der Waals surface area contributed by atoms with Crippen molar-refractivity contribution in [2.45, 2.75) is 44.2 Å². The summed E-state index contributed by atoms with van der Waals surface area (Å²) in [6.45, 7) is 0.485. The third kappa shape index (κ3) is 3.23. The molecule has 1 aromatic rings. The lowest BCUT2D eigenvalue weighted by atomic mass is 9.81. The van der Waals surface area contributed by atoms with Crippen molar-refractivity contribution in [3.8, 4) is 0 Å². The minimum absolute atomic E-state index is 0. The van der Waals surface area contributed by atoms with Crippen LogP contribution in [0.5, 0.6) is 0 Å². The van der Waals surface area contributed by atoms with Gasteiger partial charge in [0.25, 0.3) is 0 Å². The summed E-state index contributed by atoms with van der Waals surface area (Å²) < 4.78 is 5.19. The average molecular weight is 260 g/mol. The number of nitrogens with one attached hydrogen (secondary N) is 1. The van der Waals surface area contributed by atoms with Crippen LogP contribution in [0.3, 0.4) is 0 Å². The Morgan fingerprint density at radius 2 is 2.12 bits per heavy atom. The fourth-order valence-corrected chi connectivity index (χ4v) is 2.29. The van der Waals surface area contributed by atoms with E-state index in [9.17, 15) is 9.90 Å². The van der Waals surface area contributed by atoms with Crippen molar-refractivity contribution in [3.63, 3.8) is 0 Å². The van der Waals surface area contributed by atoms with E-state index >= 15 is 0 Å². The van der Waals surface area contributed by atoms with Crippen LogP contribution < -0.4 is 5.32 Å². The molecule has 96 valence electrons. The van der Waals surface area contributed by atoms with E-state index in [0.29, 0.717) is 19.4 Å². The van der Waals surface area contributed by atoms with Crippen LogP contribution in [0.15, 0.2) is 22.8 Å². The van der Waals surface area contributed by atoms with Crippen LogP contribution in [0.2, 0.25) is 0 Å². The van der Waals surface area contributed by atoms with E-state index in [-0.39, 0.29) is 12.4 Å². The number of aliphatic carboxylic acids is 1. The van der Waals surface area contributed by atoms with Crippen molar-refractivity contribution in [2.75, 3.05) is 0 Å². The molecule has 0 saturated heterocycles. The first-order chi connectivity index (χ1) is 7.73. The molecule has 0 atom stereocenters. The molecule has 4 nitrogen and oxygen atoms in total. The quantitative estimate of drug-likeness (QED) is 0.872. The molecule has 1 aliphatic carbocycles. The number of halogens is 1. The van der Waals surface area contributed by atoms with E-state index in [1.807, 2.05) is 12.1 Å². The Morgan fingerprint density at radius 3 is 2.65 bits per heavy atom. The second-order valence-corrected chi connectivity index (χ2v) is 4.38. The molecule has 2 rings (SSSR count). The molecule has 0 spiro atoms. The maximum atomic E-state index is 11.3. The molecular formula is C12H18ClNO3. The number of carboxylic acid groups (broad SMARTS) is 1. The molecule has 2 N–H and O–H groups in total. The third-order valence-electron chi connectivity index (χ3n) is 3.30. The summed E-state index contributed by atoms with van der Waals surface area (Å²) >= 11 is 0. The van der Waals surface area contributed by atoms with Gasteiger partial charge < -0.3 is 9.52 Å². The second-order valence-electron chi connectivity index (χ2n) is 4.38. The van der Waals surface area contributed by atoms with Crippen LogP contribution in [0.1, 0.15) is 37.9 Å². The highest BCUT2D eigenvalue weighted by atomic mass is 35.5. The topological polar surface area (TPSA) is 62.5 Å². The van der Waals surface area contributed by atoms with Gasteiger partial charge in [-0.25, -0.2) is 0 Å². The summed E-state index contributed by atoms with van der Waals surface area (Å²) in [5.41, 5.74) is -0.745. The first-order valence-corrected chi connectivity index (χ1v) is 5.74. The molecule has 17 heavy (non-hydrogen) atoms. The molecule has 0 unspecified atom stereocenters. The van der Waals surface area contributed by atoms with Gasteiger partial charge in [-0.15, -0.1) is 12.4 Å². The number of carbonyl (C=O) groups is 1. The average Bonchev–Trinajstić information content (AvgIpc) is 2.80. The van der Waals surface area contributed by atoms with E-state index in [1.165, 1.54) is 0 Å².